The van der Waals surface area contributed by atoms with Crippen molar-refractivity contribution in [3.63, 3.8) is 0 Å². The number of carboxylic acid groups (broad SMARTS) is 1. The van der Waals surface area contributed by atoms with Crippen LogP contribution in [0.5, 0.6) is 0 Å². The average Bonchev–Trinajstić information content (AvgIpc) is 3.21. The monoisotopic (exact) mass is 309 g/mol. The Hall–Kier alpha value is -1.55. The van der Waals surface area contributed by atoms with E-state index in [1.807, 2.05) is 31.2 Å². The summed E-state index contributed by atoms with van der Waals surface area (Å²) in [6, 6.07) is 7.51. The Morgan fingerprint density at radius 1 is 1.33 bits per heavy atom. The summed E-state index contributed by atoms with van der Waals surface area (Å²) in [5.41, 5.74) is 0.507. The minimum Gasteiger partial charge on any atom is -0.480 e. The van der Waals surface area contributed by atoms with E-state index in [9.17, 15) is 9.59 Å². The number of amides is 1. The van der Waals surface area contributed by atoms with E-state index in [1.165, 1.54) is 4.90 Å². The van der Waals surface area contributed by atoms with Crippen molar-refractivity contribution >= 4 is 23.5 Å². The number of rotatable bonds is 7. The Morgan fingerprint density at radius 3 is 2.52 bits per heavy atom. The van der Waals surface area contributed by atoms with Crippen LogP contribution >= 0.6 is 11.6 Å². The van der Waals surface area contributed by atoms with Gasteiger partial charge < -0.3 is 10.0 Å². The quantitative estimate of drug-likeness (QED) is 0.842. The fourth-order valence-corrected chi connectivity index (χ4v) is 2.85. The van der Waals surface area contributed by atoms with E-state index in [2.05, 4.69) is 0 Å². The Labute approximate surface area is 129 Å². The van der Waals surface area contributed by atoms with Crippen LogP contribution in [0.1, 0.15) is 31.7 Å². The Kier molecular flexibility index (Phi) is 4.88. The van der Waals surface area contributed by atoms with Gasteiger partial charge >= 0.3 is 5.97 Å². The van der Waals surface area contributed by atoms with Crippen LogP contribution in [0.3, 0.4) is 0 Å². The number of halogens is 1. The molecule has 4 nitrogen and oxygen atoms in total. The maximum Gasteiger partial charge on any atom is 0.323 e. The molecular formula is C16H20ClNO3. The molecular weight excluding hydrogens is 290 g/mol. The summed E-state index contributed by atoms with van der Waals surface area (Å²) >= 11 is 6.17. The van der Waals surface area contributed by atoms with Crippen molar-refractivity contribution in [2.24, 2.45) is 5.41 Å². The van der Waals surface area contributed by atoms with E-state index in [1.54, 1.807) is 0 Å². The third kappa shape index (κ3) is 3.76. The van der Waals surface area contributed by atoms with Crippen molar-refractivity contribution in [3.05, 3.63) is 34.9 Å². The molecule has 0 saturated heterocycles. The molecule has 1 N–H and O–H groups in total. The van der Waals surface area contributed by atoms with E-state index in [4.69, 9.17) is 16.7 Å². The lowest BCUT2D eigenvalue weighted by Gasteiger charge is -2.26. The number of carboxylic acids is 1. The zero-order valence-electron chi connectivity index (χ0n) is 12.1. The minimum absolute atomic E-state index is 0.0494. The van der Waals surface area contributed by atoms with Gasteiger partial charge in [0.15, 0.2) is 0 Å². The molecule has 0 bridgehead atoms. The lowest BCUT2D eigenvalue weighted by atomic mass is 9.94. The highest BCUT2D eigenvalue weighted by Crippen LogP contribution is 2.50. The van der Waals surface area contributed by atoms with E-state index in [0.717, 1.165) is 24.8 Å². The first kappa shape index (κ1) is 15.8. The first-order chi connectivity index (χ1) is 9.98. The summed E-state index contributed by atoms with van der Waals surface area (Å²) < 4.78 is 0. The first-order valence-electron chi connectivity index (χ1n) is 7.23. The lowest BCUT2D eigenvalue weighted by Crippen LogP contribution is -2.41. The molecule has 1 fully saturated rings. The van der Waals surface area contributed by atoms with Crippen molar-refractivity contribution in [1.82, 2.24) is 4.90 Å². The second-order valence-electron chi connectivity index (χ2n) is 5.67. The molecule has 0 atom stereocenters. The second kappa shape index (κ2) is 6.48. The van der Waals surface area contributed by atoms with Crippen molar-refractivity contribution in [1.29, 1.82) is 0 Å². The molecule has 5 heteroatoms. The third-order valence-electron chi connectivity index (χ3n) is 3.90. The summed E-state index contributed by atoms with van der Waals surface area (Å²) in [5.74, 6) is -1.02. The third-order valence-corrected chi connectivity index (χ3v) is 4.27. The highest BCUT2D eigenvalue weighted by atomic mass is 35.5. The van der Waals surface area contributed by atoms with Gasteiger partial charge in [-0.25, -0.2) is 0 Å². The zero-order valence-corrected chi connectivity index (χ0v) is 12.9. The molecule has 0 unspecified atom stereocenters. The number of carbonyl (C=O) groups excluding carboxylic acids is 1. The molecule has 1 aliphatic rings. The van der Waals surface area contributed by atoms with Crippen LogP contribution in [0.2, 0.25) is 5.02 Å². The fraction of sp³-hybridized carbons (Fsp3) is 0.500. The molecule has 2 rings (SSSR count). The molecule has 1 amide bonds. The van der Waals surface area contributed by atoms with Crippen molar-refractivity contribution in [3.8, 4) is 0 Å². The van der Waals surface area contributed by atoms with Gasteiger partial charge in [0.1, 0.15) is 6.54 Å². The molecule has 114 valence electrons. The number of carbonyl (C=O) groups is 2. The molecule has 1 aromatic rings. The van der Waals surface area contributed by atoms with Crippen LogP contribution in [0, 0.1) is 5.41 Å². The Morgan fingerprint density at radius 2 is 2.00 bits per heavy atom. The average molecular weight is 310 g/mol. The van der Waals surface area contributed by atoms with Gasteiger partial charge in [-0.2, -0.15) is 0 Å². The van der Waals surface area contributed by atoms with Gasteiger partial charge in [0, 0.05) is 11.6 Å². The molecule has 21 heavy (non-hydrogen) atoms. The molecule has 0 aliphatic heterocycles. The second-order valence-corrected chi connectivity index (χ2v) is 6.08. The standard InChI is InChI=1S/C16H20ClNO3/c1-2-9-18(11-14(19)20)15(21)16(7-8-16)10-12-5-3-4-6-13(12)17/h3-6H,2,7-11H2,1H3,(H,19,20). The van der Waals surface area contributed by atoms with Gasteiger partial charge in [-0.3, -0.25) is 9.59 Å². The molecule has 0 spiro atoms. The van der Waals surface area contributed by atoms with E-state index >= 15 is 0 Å². The fourth-order valence-electron chi connectivity index (χ4n) is 2.64. The van der Waals surface area contributed by atoms with Crippen LogP contribution in [0.15, 0.2) is 24.3 Å². The SMILES string of the molecule is CCCN(CC(=O)O)C(=O)C1(Cc2ccccc2Cl)CC1. The van der Waals surface area contributed by atoms with Crippen molar-refractivity contribution < 1.29 is 14.7 Å². The Bertz CT molecular complexity index is 540. The van der Waals surface area contributed by atoms with E-state index in [-0.39, 0.29) is 12.5 Å². The number of aliphatic carboxylic acids is 1. The van der Waals surface area contributed by atoms with Gasteiger partial charge in [-0.15, -0.1) is 0 Å². The zero-order chi connectivity index (χ0) is 15.5. The Balaban J connectivity index is 2.13. The highest BCUT2D eigenvalue weighted by Gasteiger charge is 2.51. The van der Waals surface area contributed by atoms with Crippen molar-refractivity contribution in [2.45, 2.75) is 32.6 Å². The number of benzene rings is 1. The summed E-state index contributed by atoms with van der Waals surface area (Å²) in [6.07, 6.45) is 2.94. The molecule has 1 aliphatic carbocycles. The van der Waals surface area contributed by atoms with Gasteiger partial charge in [0.2, 0.25) is 5.91 Å². The predicted molar refractivity (Wildman–Crippen MR) is 81.3 cm³/mol. The van der Waals surface area contributed by atoms with Crippen LogP contribution in [0.4, 0.5) is 0 Å². The topological polar surface area (TPSA) is 57.6 Å². The van der Waals surface area contributed by atoms with Gasteiger partial charge in [0.25, 0.3) is 0 Å². The predicted octanol–water partition coefficient (Wildman–Crippen LogP) is 2.99. The van der Waals surface area contributed by atoms with Crippen molar-refractivity contribution in [2.75, 3.05) is 13.1 Å². The van der Waals surface area contributed by atoms with Crippen LogP contribution in [-0.4, -0.2) is 35.0 Å². The van der Waals surface area contributed by atoms with Crippen LogP contribution in [0.25, 0.3) is 0 Å². The normalized spacial score (nSPS) is 15.5. The van der Waals surface area contributed by atoms with E-state index in [0.29, 0.717) is 18.0 Å². The minimum atomic E-state index is -0.967. The summed E-state index contributed by atoms with van der Waals surface area (Å²) in [6.45, 7) is 2.20. The van der Waals surface area contributed by atoms with Gasteiger partial charge in [-0.05, 0) is 37.3 Å². The summed E-state index contributed by atoms with van der Waals surface area (Å²) in [5, 5.41) is 9.63. The summed E-state index contributed by atoms with van der Waals surface area (Å²) in [7, 11) is 0. The van der Waals surface area contributed by atoms with E-state index < -0.39 is 11.4 Å². The highest BCUT2D eigenvalue weighted by molar-refractivity contribution is 6.31. The maximum absolute atomic E-state index is 12.7. The van der Waals surface area contributed by atoms with Crippen LogP contribution < -0.4 is 0 Å². The first-order valence-corrected chi connectivity index (χ1v) is 7.61. The maximum atomic E-state index is 12.7. The van der Waals surface area contributed by atoms with Gasteiger partial charge in [0.05, 0.1) is 5.41 Å². The molecule has 1 saturated carbocycles. The molecule has 0 aromatic heterocycles. The number of hydrogen-bond donors (Lipinski definition) is 1. The number of hydrogen-bond acceptors (Lipinski definition) is 2. The largest absolute Gasteiger partial charge is 0.480 e. The molecule has 0 radical (unpaired) electrons. The van der Waals surface area contributed by atoms with Crippen LogP contribution in [-0.2, 0) is 16.0 Å². The molecule has 1 aromatic carbocycles. The van der Waals surface area contributed by atoms with Gasteiger partial charge in [-0.1, -0.05) is 36.7 Å². The lowest BCUT2D eigenvalue weighted by molar-refractivity contribution is -0.147. The molecule has 0 heterocycles. The smallest absolute Gasteiger partial charge is 0.323 e. The number of nitrogens with zero attached hydrogens (tertiary/aromatic N) is 1. The summed E-state index contributed by atoms with van der Waals surface area (Å²) in [4.78, 5) is 25.1.